The predicted octanol–water partition coefficient (Wildman–Crippen LogP) is 3.15. The molecule has 6 nitrogen and oxygen atoms in total. The number of rotatable bonds is 9. The lowest BCUT2D eigenvalue weighted by Gasteiger charge is -2.19. The molecular weight excluding hydrogens is 320 g/mol. The Bertz CT molecular complexity index is 686. The van der Waals surface area contributed by atoms with E-state index in [9.17, 15) is 9.59 Å². The first-order chi connectivity index (χ1) is 12.1. The van der Waals surface area contributed by atoms with Crippen LogP contribution in [-0.2, 0) is 16.0 Å². The number of pyridine rings is 1. The summed E-state index contributed by atoms with van der Waals surface area (Å²) in [5.41, 5.74) is 1.51. The number of aromatic nitrogens is 1. The number of carbonyl (C=O) groups is 2. The van der Waals surface area contributed by atoms with Gasteiger partial charge in [-0.25, -0.2) is 9.78 Å². The molecule has 2 rings (SSSR count). The number of ether oxygens (including phenoxy) is 1. The number of carbonyl (C=O) groups excluding carboxylic acids is 1. The van der Waals surface area contributed by atoms with E-state index >= 15 is 0 Å². The van der Waals surface area contributed by atoms with Gasteiger partial charge >= 0.3 is 11.9 Å². The molecule has 2 N–H and O–H groups in total. The Hall–Kier alpha value is -2.89. The van der Waals surface area contributed by atoms with Gasteiger partial charge in [-0.15, -0.1) is 0 Å². The summed E-state index contributed by atoms with van der Waals surface area (Å²) in [7, 11) is 0. The molecule has 0 saturated heterocycles. The highest BCUT2D eigenvalue weighted by Gasteiger charge is 2.13. The van der Waals surface area contributed by atoms with Crippen molar-refractivity contribution in [3.05, 3.63) is 59.8 Å². The minimum atomic E-state index is -0.828. The van der Waals surface area contributed by atoms with Gasteiger partial charge in [-0.3, -0.25) is 4.79 Å². The molecule has 0 bridgehead atoms. The van der Waals surface area contributed by atoms with Crippen molar-refractivity contribution < 1.29 is 19.4 Å². The second kappa shape index (κ2) is 9.42. The van der Waals surface area contributed by atoms with Crippen LogP contribution in [0, 0.1) is 0 Å². The van der Waals surface area contributed by atoms with E-state index in [0.29, 0.717) is 30.8 Å². The molecule has 6 heteroatoms. The van der Waals surface area contributed by atoms with Gasteiger partial charge in [0.2, 0.25) is 0 Å². The van der Waals surface area contributed by atoms with Crippen LogP contribution in [0.3, 0.4) is 0 Å². The number of carboxylic acid groups (broad SMARTS) is 1. The highest BCUT2D eigenvalue weighted by molar-refractivity contribution is 5.89. The number of esters is 1. The number of nitrogens with one attached hydrogen (secondary N) is 1. The minimum Gasteiger partial charge on any atom is -0.481 e. The van der Waals surface area contributed by atoms with E-state index in [1.165, 1.54) is 6.20 Å². The molecule has 1 atom stereocenters. The maximum Gasteiger partial charge on any atom is 0.339 e. The van der Waals surface area contributed by atoms with E-state index < -0.39 is 11.9 Å². The van der Waals surface area contributed by atoms with Crippen LogP contribution in [0.5, 0.6) is 0 Å². The molecule has 1 heterocycles. The average Bonchev–Trinajstić information content (AvgIpc) is 2.61. The first-order valence-corrected chi connectivity index (χ1v) is 8.24. The summed E-state index contributed by atoms with van der Waals surface area (Å²) in [5.74, 6) is -0.641. The van der Waals surface area contributed by atoms with Crippen LogP contribution in [0.2, 0.25) is 0 Å². The van der Waals surface area contributed by atoms with Crippen molar-refractivity contribution >= 4 is 17.8 Å². The Kier molecular flexibility index (Phi) is 6.95. The number of benzene rings is 1. The van der Waals surface area contributed by atoms with Crippen molar-refractivity contribution in [2.75, 3.05) is 11.9 Å². The molecule has 0 radical (unpaired) electrons. The second-order valence-corrected chi connectivity index (χ2v) is 5.62. The smallest absolute Gasteiger partial charge is 0.339 e. The number of nitrogens with zero attached hydrogens (tertiary/aromatic N) is 1. The topological polar surface area (TPSA) is 88.5 Å². The number of carboxylic acids is 1. The molecule has 0 amide bonds. The minimum absolute atomic E-state index is 0.0700. The molecule has 1 aromatic heterocycles. The predicted molar refractivity (Wildman–Crippen MR) is 94.6 cm³/mol. The summed E-state index contributed by atoms with van der Waals surface area (Å²) in [4.78, 5) is 26.8. The van der Waals surface area contributed by atoms with Crippen LogP contribution in [0.4, 0.5) is 5.82 Å². The standard InChI is InChI=1S/C19H22N2O4/c1-2-25-19(24)15-8-10-17(20-13-15)21-16(9-11-18(22)23)12-14-6-4-3-5-7-14/h3-8,10,13,16H,2,9,11-12H2,1H3,(H,20,21)(H,22,23). The molecular formula is C19H22N2O4. The van der Waals surface area contributed by atoms with Crippen molar-refractivity contribution in [3.63, 3.8) is 0 Å². The van der Waals surface area contributed by atoms with Crippen LogP contribution in [-0.4, -0.2) is 34.7 Å². The number of aliphatic carboxylic acids is 1. The van der Waals surface area contributed by atoms with Crippen molar-refractivity contribution in [1.82, 2.24) is 4.98 Å². The molecule has 132 valence electrons. The van der Waals surface area contributed by atoms with E-state index in [-0.39, 0.29) is 12.5 Å². The third-order valence-electron chi connectivity index (χ3n) is 3.66. The van der Waals surface area contributed by atoms with Gasteiger partial charge in [0.1, 0.15) is 5.82 Å². The largest absolute Gasteiger partial charge is 0.481 e. The Morgan fingerprint density at radius 3 is 2.56 bits per heavy atom. The van der Waals surface area contributed by atoms with Gasteiger partial charge in [-0.2, -0.15) is 0 Å². The monoisotopic (exact) mass is 342 g/mol. The average molecular weight is 342 g/mol. The van der Waals surface area contributed by atoms with Gasteiger partial charge in [0.15, 0.2) is 0 Å². The van der Waals surface area contributed by atoms with Crippen LogP contribution >= 0.6 is 0 Å². The van der Waals surface area contributed by atoms with Gasteiger partial charge in [0.25, 0.3) is 0 Å². The quantitative estimate of drug-likeness (QED) is 0.681. The molecule has 25 heavy (non-hydrogen) atoms. The molecule has 0 aliphatic rings. The SMILES string of the molecule is CCOC(=O)c1ccc(NC(CCC(=O)O)Cc2ccccc2)nc1. The fraction of sp³-hybridized carbons (Fsp3) is 0.316. The summed E-state index contributed by atoms with van der Waals surface area (Å²) in [5, 5.41) is 12.2. The van der Waals surface area contributed by atoms with Gasteiger partial charge in [-0.05, 0) is 37.5 Å². The molecule has 0 spiro atoms. The molecule has 1 unspecified atom stereocenters. The Labute approximate surface area is 146 Å². The fourth-order valence-electron chi connectivity index (χ4n) is 2.45. The van der Waals surface area contributed by atoms with Gasteiger partial charge in [-0.1, -0.05) is 30.3 Å². The van der Waals surface area contributed by atoms with Gasteiger partial charge in [0.05, 0.1) is 12.2 Å². The lowest BCUT2D eigenvalue weighted by Crippen LogP contribution is -2.24. The normalized spacial score (nSPS) is 11.6. The second-order valence-electron chi connectivity index (χ2n) is 5.62. The van der Waals surface area contributed by atoms with Crippen molar-refractivity contribution in [3.8, 4) is 0 Å². The first kappa shape index (κ1) is 18.4. The van der Waals surface area contributed by atoms with Crippen molar-refractivity contribution in [2.45, 2.75) is 32.2 Å². The Balaban J connectivity index is 2.04. The maximum absolute atomic E-state index is 11.6. The maximum atomic E-state index is 11.6. The summed E-state index contributed by atoms with van der Waals surface area (Å²) in [6, 6.07) is 13.1. The summed E-state index contributed by atoms with van der Waals surface area (Å²) in [6.45, 7) is 2.06. The van der Waals surface area contributed by atoms with Crippen LogP contribution in [0.25, 0.3) is 0 Å². The molecule has 1 aromatic carbocycles. The van der Waals surface area contributed by atoms with Gasteiger partial charge < -0.3 is 15.2 Å². The highest BCUT2D eigenvalue weighted by Crippen LogP contribution is 2.14. The van der Waals surface area contributed by atoms with Crippen LogP contribution < -0.4 is 5.32 Å². The van der Waals surface area contributed by atoms with E-state index in [1.807, 2.05) is 30.3 Å². The van der Waals surface area contributed by atoms with Crippen LogP contribution in [0.1, 0.15) is 35.7 Å². The zero-order chi connectivity index (χ0) is 18.1. The van der Waals surface area contributed by atoms with E-state index in [0.717, 1.165) is 5.56 Å². The van der Waals surface area contributed by atoms with Gasteiger partial charge in [0, 0.05) is 18.7 Å². The van der Waals surface area contributed by atoms with Crippen molar-refractivity contribution in [2.24, 2.45) is 0 Å². The van der Waals surface area contributed by atoms with Crippen molar-refractivity contribution in [1.29, 1.82) is 0 Å². The molecule has 0 fully saturated rings. The van der Waals surface area contributed by atoms with Crippen LogP contribution in [0.15, 0.2) is 48.7 Å². The fourth-order valence-corrected chi connectivity index (χ4v) is 2.45. The highest BCUT2D eigenvalue weighted by atomic mass is 16.5. The summed E-state index contributed by atoms with van der Waals surface area (Å²) < 4.78 is 4.93. The molecule has 0 saturated carbocycles. The number of anilines is 1. The third-order valence-corrected chi connectivity index (χ3v) is 3.66. The summed E-state index contributed by atoms with van der Waals surface area (Å²) in [6.07, 6.45) is 2.70. The molecule has 2 aromatic rings. The number of hydrogen-bond donors (Lipinski definition) is 2. The van der Waals surface area contributed by atoms with E-state index in [4.69, 9.17) is 9.84 Å². The first-order valence-electron chi connectivity index (χ1n) is 8.24. The summed E-state index contributed by atoms with van der Waals surface area (Å²) >= 11 is 0. The Morgan fingerprint density at radius 2 is 1.96 bits per heavy atom. The number of hydrogen-bond acceptors (Lipinski definition) is 5. The third kappa shape index (κ3) is 6.25. The lowest BCUT2D eigenvalue weighted by molar-refractivity contribution is -0.137. The molecule has 0 aliphatic carbocycles. The molecule has 0 aliphatic heterocycles. The van der Waals surface area contributed by atoms with E-state index in [1.54, 1.807) is 19.1 Å². The van der Waals surface area contributed by atoms with E-state index in [2.05, 4.69) is 10.3 Å². The zero-order valence-corrected chi connectivity index (χ0v) is 14.1. The zero-order valence-electron chi connectivity index (χ0n) is 14.1. The lowest BCUT2D eigenvalue weighted by atomic mass is 10.0. The Morgan fingerprint density at radius 1 is 1.20 bits per heavy atom.